The van der Waals surface area contributed by atoms with Crippen LogP contribution in [0.25, 0.3) is 0 Å². The Balaban J connectivity index is 0.000000317. The Kier molecular flexibility index (Phi) is 10.4. The number of aliphatic carboxylic acids is 2. The third kappa shape index (κ3) is 9.23. The summed E-state index contributed by atoms with van der Waals surface area (Å²) >= 11 is 0. The summed E-state index contributed by atoms with van der Waals surface area (Å²) in [5.41, 5.74) is 0.973. The number of pyridine rings is 1. The molecule has 0 radical (unpaired) electrons. The Bertz CT molecular complexity index is 1090. The molecule has 2 fully saturated rings. The minimum absolute atomic E-state index is 0.139. The summed E-state index contributed by atoms with van der Waals surface area (Å²) in [6, 6.07) is 3.97. The molecule has 0 unspecified atom stereocenters. The van der Waals surface area contributed by atoms with E-state index in [2.05, 4.69) is 19.4 Å². The van der Waals surface area contributed by atoms with Crippen molar-refractivity contribution in [3.8, 4) is 0 Å². The monoisotopic (exact) mass is 567 g/mol. The number of imidazole rings is 1. The van der Waals surface area contributed by atoms with Gasteiger partial charge in [-0.3, -0.25) is 14.7 Å². The van der Waals surface area contributed by atoms with Crippen molar-refractivity contribution in [2.24, 2.45) is 12.5 Å². The summed E-state index contributed by atoms with van der Waals surface area (Å²) in [5, 5.41) is 14.2. The number of amides is 1. The first-order valence-electron chi connectivity index (χ1n) is 11.5. The number of likely N-dealkylation sites (tertiary alicyclic amines) is 2. The highest BCUT2D eigenvalue weighted by atomic mass is 19.4. The minimum atomic E-state index is -5.08. The van der Waals surface area contributed by atoms with Crippen molar-refractivity contribution in [3.63, 3.8) is 0 Å². The second-order valence-corrected chi connectivity index (χ2v) is 8.95. The fraction of sp³-hybridized carbons (Fsp3) is 0.522. The molecule has 0 saturated carbocycles. The highest BCUT2D eigenvalue weighted by molar-refractivity contribution is 5.85. The number of carboxylic acid groups (broad SMARTS) is 2. The smallest absolute Gasteiger partial charge is 0.475 e. The molecular weight excluding hydrogens is 540 g/mol. The quantitative estimate of drug-likeness (QED) is 0.540. The number of hydrogen-bond acceptors (Lipinski definition) is 6. The number of carbonyl (C=O) groups is 3. The third-order valence-electron chi connectivity index (χ3n) is 6.28. The standard InChI is InChI=1S/C19H25N5O.2C2HF3O2/c1-22-12-8-21-17(22)15-23-9-4-19(5-10-23)6-11-24(18(19)25)14-16-3-2-7-20-13-16;2*3-2(4,5)1(6)7/h2-3,7-8,12-13H,4-6,9-11,14-15H2,1H3;2*(H,6,7). The average Bonchev–Trinajstić information content (AvgIpc) is 3.39. The zero-order chi connectivity index (χ0) is 29.4. The predicted octanol–water partition coefficient (Wildman–Crippen LogP) is 3.10. The number of nitrogens with zero attached hydrogens (tertiary/aromatic N) is 5. The highest BCUT2D eigenvalue weighted by Gasteiger charge is 2.48. The molecule has 16 heteroatoms. The van der Waals surface area contributed by atoms with E-state index in [-0.39, 0.29) is 5.41 Å². The first-order chi connectivity index (χ1) is 18.0. The molecule has 2 saturated heterocycles. The van der Waals surface area contributed by atoms with E-state index in [4.69, 9.17) is 19.8 Å². The molecule has 4 heterocycles. The third-order valence-corrected chi connectivity index (χ3v) is 6.28. The molecule has 39 heavy (non-hydrogen) atoms. The SMILES string of the molecule is Cn1ccnc1CN1CCC2(CC1)CCN(Cc1cccnc1)C2=O.O=C(O)C(F)(F)F.O=C(O)C(F)(F)F. The van der Waals surface area contributed by atoms with E-state index in [1.54, 1.807) is 6.20 Å². The van der Waals surface area contributed by atoms with Gasteiger partial charge >= 0.3 is 24.3 Å². The average molecular weight is 567 g/mol. The van der Waals surface area contributed by atoms with Crippen molar-refractivity contribution < 1.29 is 50.9 Å². The summed E-state index contributed by atoms with van der Waals surface area (Å²) in [6.45, 7) is 4.37. The lowest BCUT2D eigenvalue weighted by atomic mass is 9.77. The Labute approximate surface area is 218 Å². The first kappa shape index (κ1) is 31.5. The van der Waals surface area contributed by atoms with Crippen LogP contribution in [0.3, 0.4) is 0 Å². The Morgan fingerprint density at radius 2 is 1.49 bits per heavy atom. The van der Waals surface area contributed by atoms with Crippen molar-refractivity contribution in [2.75, 3.05) is 19.6 Å². The minimum Gasteiger partial charge on any atom is -0.475 e. The zero-order valence-electron chi connectivity index (χ0n) is 20.7. The van der Waals surface area contributed by atoms with Crippen LogP contribution < -0.4 is 0 Å². The number of carbonyl (C=O) groups excluding carboxylic acids is 1. The predicted molar refractivity (Wildman–Crippen MR) is 122 cm³/mol. The van der Waals surface area contributed by atoms with E-state index in [1.807, 2.05) is 42.7 Å². The van der Waals surface area contributed by atoms with E-state index in [0.717, 1.165) is 56.8 Å². The second kappa shape index (κ2) is 12.9. The number of rotatable bonds is 4. The Morgan fingerprint density at radius 1 is 0.949 bits per heavy atom. The Morgan fingerprint density at radius 3 is 1.92 bits per heavy atom. The first-order valence-corrected chi connectivity index (χ1v) is 11.5. The summed E-state index contributed by atoms with van der Waals surface area (Å²) in [4.78, 5) is 43.8. The molecule has 10 nitrogen and oxygen atoms in total. The molecule has 2 N–H and O–H groups in total. The van der Waals surface area contributed by atoms with Gasteiger partial charge in [-0.25, -0.2) is 14.6 Å². The lowest BCUT2D eigenvalue weighted by Gasteiger charge is -2.37. The Hall–Kier alpha value is -3.69. The van der Waals surface area contributed by atoms with Gasteiger partial charge in [0.15, 0.2) is 0 Å². The van der Waals surface area contributed by atoms with Crippen molar-refractivity contribution in [2.45, 2.75) is 44.7 Å². The molecular formula is C23H27F6N5O5. The van der Waals surface area contributed by atoms with Gasteiger partial charge in [0.25, 0.3) is 0 Å². The topological polar surface area (TPSA) is 129 Å². The largest absolute Gasteiger partial charge is 0.490 e. The molecule has 0 bridgehead atoms. The van der Waals surface area contributed by atoms with Crippen molar-refractivity contribution in [1.82, 2.24) is 24.3 Å². The van der Waals surface area contributed by atoms with Gasteiger partial charge in [-0.05, 0) is 44.0 Å². The van der Waals surface area contributed by atoms with Gasteiger partial charge < -0.3 is 19.7 Å². The van der Waals surface area contributed by atoms with Crippen molar-refractivity contribution in [1.29, 1.82) is 0 Å². The number of carboxylic acids is 2. The van der Waals surface area contributed by atoms with Crippen LogP contribution in [0.2, 0.25) is 0 Å². The van der Waals surface area contributed by atoms with Gasteiger partial charge in [-0.1, -0.05) is 6.07 Å². The number of hydrogen-bond donors (Lipinski definition) is 2. The second-order valence-electron chi connectivity index (χ2n) is 8.95. The van der Waals surface area contributed by atoms with Crippen LogP contribution >= 0.6 is 0 Å². The van der Waals surface area contributed by atoms with Crippen molar-refractivity contribution in [3.05, 3.63) is 48.3 Å². The number of halogens is 6. The maximum Gasteiger partial charge on any atom is 0.490 e. The lowest BCUT2D eigenvalue weighted by Crippen LogP contribution is -2.44. The van der Waals surface area contributed by atoms with E-state index in [9.17, 15) is 31.1 Å². The van der Waals surface area contributed by atoms with Crippen LogP contribution in [0.15, 0.2) is 36.9 Å². The van der Waals surface area contributed by atoms with Gasteiger partial charge in [0.2, 0.25) is 5.91 Å². The zero-order valence-corrected chi connectivity index (χ0v) is 20.7. The molecule has 2 aliphatic rings. The number of alkyl halides is 6. The number of aryl methyl sites for hydroxylation is 1. The van der Waals surface area contributed by atoms with E-state index in [0.29, 0.717) is 12.5 Å². The normalized spacial score (nSPS) is 17.2. The molecule has 2 aliphatic heterocycles. The molecule has 0 aliphatic carbocycles. The highest BCUT2D eigenvalue weighted by Crippen LogP contribution is 2.42. The summed E-state index contributed by atoms with van der Waals surface area (Å²) in [7, 11) is 2.03. The molecule has 0 aromatic carbocycles. The van der Waals surface area contributed by atoms with Gasteiger partial charge in [0, 0.05) is 44.9 Å². The molecule has 4 rings (SSSR count). The van der Waals surface area contributed by atoms with Crippen LogP contribution in [-0.4, -0.2) is 84.4 Å². The maximum absolute atomic E-state index is 13.0. The van der Waals surface area contributed by atoms with E-state index >= 15 is 0 Å². The lowest BCUT2D eigenvalue weighted by molar-refractivity contribution is -0.193. The summed E-state index contributed by atoms with van der Waals surface area (Å²) in [5.74, 6) is -4.08. The van der Waals surface area contributed by atoms with Gasteiger partial charge in [0.1, 0.15) is 5.82 Å². The maximum atomic E-state index is 13.0. The van der Waals surface area contributed by atoms with Gasteiger partial charge in [-0.15, -0.1) is 0 Å². The summed E-state index contributed by atoms with van der Waals surface area (Å²) < 4.78 is 65.5. The molecule has 216 valence electrons. The van der Waals surface area contributed by atoms with Gasteiger partial charge in [-0.2, -0.15) is 26.3 Å². The molecule has 1 spiro atoms. The van der Waals surface area contributed by atoms with Crippen LogP contribution in [0.1, 0.15) is 30.7 Å². The number of piperidine rings is 1. The van der Waals surface area contributed by atoms with E-state index in [1.165, 1.54) is 0 Å². The van der Waals surface area contributed by atoms with Crippen LogP contribution in [0.5, 0.6) is 0 Å². The van der Waals surface area contributed by atoms with Crippen LogP contribution in [0, 0.1) is 5.41 Å². The molecule has 1 amide bonds. The molecule has 0 atom stereocenters. The van der Waals surface area contributed by atoms with Crippen LogP contribution in [0.4, 0.5) is 26.3 Å². The molecule has 2 aromatic rings. The fourth-order valence-corrected chi connectivity index (χ4v) is 4.11. The van der Waals surface area contributed by atoms with Gasteiger partial charge in [0.05, 0.1) is 12.0 Å². The van der Waals surface area contributed by atoms with Crippen molar-refractivity contribution >= 4 is 17.8 Å². The van der Waals surface area contributed by atoms with Crippen LogP contribution in [-0.2, 0) is 34.5 Å². The molecule has 2 aromatic heterocycles. The number of aromatic nitrogens is 3. The fourth-order valence-electron chi connectivity index (χ4n) is 4.11. The van der Waals surface area contributed by atoms with E-state index < -0.39 is 24.3 Å². The summed E-state index contributed by atoms with van der Waals surface area (Å²) in [6.07, 6.45) is 0.193.